The highest BCUT2D eigenvalue weighted by Gasteiger charge is 2.18. The summed E-state index contributed by atoms with van der Waals surface area (Å²) in [5.41, 5.74) is 1.64. The van der Waals surface area contributed by atoms with Gasteiger partial charge in [-0.3, -0.25) is 0 Å². The molecule has 0 radical (unpaired) electrons. The first-order valence-corrected chi connectivity index (χ1v) is 7.37. The van der Waals surface area contributed by atoms with Crippen LogP contribution in [0.1, 0.15) is 22.8 Å². The van der Waals surface area contributed by atoms with Crippen molar-refractivity contribution in [1.29, 1.82) is 0 Å². The van der Waals surface area contributed by atoms with E-state index in [1.165, 1.54) is 12.1 Å². The standard InChI is InChI=1S/C18H15NO5/c1-2-11-10-19-24-17(11)13-5-3-4-6-16(13)23-18(22)12-7-8-14(20)15(21)9-12/h3-10,20-21H,2H2,1H3. The molecule has 1 aromatic heterocycles. The fraction of sp³-hybridized carbons (Fsp3) is 0.111. The Balaban J connectivity index is 1.93. The van der Waals surface area contributed by atoms with Crippen molar-refractivity contribution in [2.24, 2.45) is 0 Å². The number of benzene rings is 2. The Bertz CT molecular complexity index is 885. The van der Waals surface area contributed by atoms with E-state index in [1.807, 2.05) is 6.92 Å². The molecule has 2 N–H and O–H groups in total. The summed E-state index contributed by atoms with van der Waals surface area (Å²) >= 11 is 0. The quantitative estimate of drug-likeness (QED) is 0.433. The number of aromatic hydroxyl groups is 2. The maximum absolute atomic E-state index is 12.3. The van der Waals surface area contributed by atoms with E-state index in [0.29, 0.717) is 17.1 Å². The van der Waals surface area contributed by atoms with E-state index in [-0.39, 0.29) is 17.1 Å². The fourth-order valence-electron chi connectivity index (χ4n) is 2.29. The topological polar surface area (TPSA) is 92.8 Å². The molecule has 0 fully saturated rings. The summed E-state index contributed by atoms with van der Waals surface area (Å²) in [5.74, 6) is -0.478. The number of esters is 1. The second kappa shape index (κ2) is 6.45. The molecular weight excluding hydrogens is 310 g/mol. The van der Waals surface area contributed by atoms with Gasteiger partial charge >= 0.3 is 5.97 Å². The van der Waals surface area contributed by atoms with Crippen LogP contribution in [0, 0.1) is 0 Å². The SMILES string of the molecule is CCc1cnoc1-c1ccccc1OC(=O)c1ccc(O)c(O)c1. The molecule has 0 aliphatic rings. The number of rotatable bonds is 4. The fourth-order valence-corrected chi connectivity index (χ4v) is 2.29. The van der Waals surface area contributed by atoms with Crippen LogP contribution in [0.3, 0.4) is 0 Å². The first-order valence-electron chi connectivity index (χ1n) is 7.37. The molecule has 3 aromatic rings. The molecule has 0 spiro atoms. The lowest BCUT2D eigenvalue weighted by molar-refractivity contribution is 0.0735. The Hall–Kier alpha value is -3.28. The summed E-state index contributed by atoms with van der Waals surface area (Å²) in [6.45, 7) is 1.98. The summed E-state index contributed by atoms with van der Waals surface area (Å²) in [5, 5.41) is 22.6. The molecule has 122 valence electrons. The highest BCUT2D eigenvalue weighted by Crippen LogP contribution is 2.33. The Morgan fingerprint density at radius 3 is 2.71 bits per heavy atom. The number of carbonyl (C=O) groups is 1. The van der Waals surface area contributed by atoms with Crippen LogP contribution in [-0.4, -0.2) is 21.3 Å². The molecule has 6 nitrogen and oxygen atoms in total. The van der Waals surface area contributed by atoms with Crippen molar-refractivity contribution in [1.82, 2.24) is 5.16 Å². The number of phenolic OH excluding ortho intramolecular Hbond substituents is 2. The minimum atomic E-state index is -0.657. The van der Waals surface area contributed by atoms with Gasteiger partial charge < -0.3 is 19.5 Å². The van der Waals surface area contributed by atoms with Gasteiger partial charge in [-0.25, -0.2) is 4.79 Å². The third-order valence-electron chi connectivity index (χ3n) is 3.57. The van der Waals surface area contributed by atoms with Gasteiger partial charge in [-0.1, -0.05) is 24.2 Å². The Labute approximate surface area is 137 Å². The van der Waals surface area contributed by atoms with Crippen LogP contribution >= 0.6 is 0 Å². The van der Waals surface area contributed by atoms with E-state index >= 15 is 0 Å². The van der Waals surface area contributed by atoms with Gasteiger partial charge in [0.15, 0.2) is 17.3 Å². The van der Waals surface area contributed by atoms with Crippen LogP contribution in [0.5, 0.6) is 17.2 Å². The highest BCUT2D eigenvalue weighted by atomic mass is 16.5. The second-order valence-electron chi connectivity index (χ2n) is 5.12. The first-order chi connectivity index (χ1) is 11.6. The molecule has 24 heavy (non-hydrogen) atoms. The van der Waals surface area contributed by atoms with E-state index in [4.69, 9.17) is 9.26 Å². The summed E-state index contributed by atoms with van der Waals surface area (Å²) < 4.78 is 10.7. The average molecular weight is 325 g/mol. The molecule has 0 aliphatic carbocycles. The second-order valence-corrected chi connectivity index (χ2v) is 5.12. The summed E-state index contributed by atoms with van der Waals surface area (Å²) in [7, 11) is 0. The van der Waals surface area contributed by atoms with Crippen molar-refractivity contribution in [3.05, 3.63) is 59.8 Å². The van der Waals surface area contributed by atoms with Crippen LogP contribution in [0.15, 0.2) is 53.2 Å². The number of aromatic nitrogens is 1. The third-order valence-corrected chi connectivity index (χ3v) is 3.57. The van der Waals surface area contributed by atoms with Crippen LogP contribution < -0.4 is 4.74 Å². The molecule has 0 saturated heterocycles. The summed E-state index contributed by atoms with van der Waals surface area (Å²) in [6.07, 6.45) is 2.36. The number of phenols is 2. The molecule has 0 unspecified atom stereocenters. The Morgan fingerprint density at radius 1 is 1.17 bits per heavy atom. The molecule has 1 heterocycles. The van der Waals surface area contributed by atoms with E-state index < -0.39 is 5.97 Å². The zero-order valence-corrected chi connectivity index (χ0v) is 12.9. The van der Waals surface area contributed by atoms with Crippen molar-refractivity contribution >= 4 is 5.97 Å². The van der Waals surface area contributed by atoms with E-state index in [1.54, 1.807) is 30.5 Å². The molecule has 0 atom stereocenters. The molecule has 6 heteroatoms. The van der Waals surface area contributed by atoms with Crippen LogP contribution in [-0.2, 0) is 6.42 Å². The van der Waals surface area contributed by atoms with Gasteiger partial charge in [0.25, 0.3) is 0 Å². The van der Waals surface area contributed by atoms with Gasteiger partial charge in [0.1, 0.15) is 5.75 Å². The molecular formula is C18H15NO5. The molecule has 0 saturated carbocycles. The maximum atomic E-state index is 12.3. The van der Waals surface area contributed by atoms with Crippen molar-refractivity contribution in [3.8, 4) is 28.6 Å². The zero-order chi connectivity index (χ0) is 17.1. The molecule has 3 rings (SSSR count). The number of nitrogens with zero attached hydrogens (tertiary/aromatic N) is 1. The van der Waals surface area contributed by atoms with Crippen LogP contribution in [0.25, 0.3) is 11.3 Å². The number of aryl methyl sites for hydroxylation is 1. The van der Waals surface area contributed by atoms with E-state index in [9.17, 15) is 15.0 Å². The maximum Gasteiger partial charge on any atom is 0.343 e. The van der Waals surface area contributed by atoms with Gasteiger partial charge in [0, 0.05) is 5.56 Å². The Kier molecular flexibility index (Phi) is 4.20. The van der Waals surface area contributed by atoms with Crippen molar-refractivity contribution < 1.29 is 24.3 Å². The van der Waals surface area contributed by atoms with Gasteiger partial charge in [0.2, 0.25) is 0 Å². The van der Waals surface area contributed by atoms with E-state index in [0.717, 1.165) is 18.1 Å². The van der Waals surface area contributed by atoms with Crippen molar-refractivity contribution in [2.75, 3.05) is 0 Å². The van der Waals surface area contributed by atoms with Gasteiger partial charge in [0.05, 0.1) is 17.3 Å². The minimum Gasteiger partial charge on any atom is -0.504 e. The highest BCUT2D eigenvalue weighted by molar-refractivity contribution is 5.92. The lowest BCUT2D eigenvalue weighted by Gasteiger charge is -2.09. The minimum absolute atomic E-state index is 0.119. The van der Waals surface area contributed by atoms with Gasteiger partial charge in [-0.2, -0.15) is 0 Å². The van der Waals surface area contributed by atoms with Crippen LogP contribution in [0.4, 0.5) is 0 Å². The Morgan fingerprint density at radius 2 is 1.96 bits per heavy atom. The lowest BCUT2D eigenvalue weighted by Crippen LogP contribution is -2.09. The van der Waals surface area contributed by atoms with Crippen molar-refractivity contribution in [2.45, 2.75) is 13.3 Å². The smallest absolute Gasteiger partial charge is 0.343 e. The lowest BCUT2D eigenvalue weighted by atomic mass is 10.1. The predicted octanol–water partition coefficient (Wildman–Crippen LogP) is 3.53. The van der Waals surface area contributed by atoms with E-state index in [2.05, 4.69) is 5.16 Å². The van der Waals surface area contributed by atoms with Gasteiger partial charge in [-0.15, -0.1) is 0 Å². The molecule has 0 aliphatic heterocycles. The van der Waals surface area contributed by atoms with Crippen molar-refractivity contribution in [3.63, 3.8) is 0 Å². The molecule has 2 aromatic carbocycles. The number of carbonyl (C=O) groups excluding carboxylic acids is 1. The normalized spacial score (nSPS) is 10.5. The summed E-state index contributed by atoms with van der Waals surface area (Å²) in [6, 6.07) is 10.7. The molecule has 0 bridgehead atoms. The largest absolute Gasteiger partial charge is 0.504 e. The number of para-hydroxylation sites is 1. The zero-order valence-electron chi connectivity index (χ0n) is 12.9. The summed E-state index contributed by atoms with van der Waals surface area (Å²) in [4.78, 5) is 12.3. The van der Waals surface area contributed by atoms with Gasteiger partial charge in [-0.05, 0) is 36.8 Å². The first kappa shape index (κ1) is 15.6. The third kappa shape index (κ3) is 2.94. The van der Waals surface area contributed by atoms with Crippen LogP contribution in [0.2, 0.25) is 0 Å². The monoisotopic (exact) mass is 325 g/mol. The molecule has 0 amide bonds. The number of hydrogen-bond acceptors (Lipinski definition) is 6. The average Bonchev–Trinajstić information content (AvgIpc) is 3.06. The number of ether oxygens (including phenoxy) is 1. The number of hydrogen-bond donors (Lipinski definition) is 2. The predicted molar refractivity (Wildman–Crippen MR) is 86.0 cm³/mol.